The maximum atomic E-state index is 6.63. The molecule has 11 aromatic rings. The topological polar surface area (TPSA) is 42.4 Å². The normalized spacial score (nSPS) is 11.5. The molecular weight excluding hydrogens is 697 g/mol. The Morgan fingerprint density at radius 3 is 1.67 bits per heavy atom. The molecule has 11 rings (SSSR count). The second-order valence-electron chi connectivity index (χ2n) is 14.3. The molecule has 9 aromatic carbocycles. The Morgan fingerprint density at radius 1 is 0.351 bits per heavy atom. The predicted molar refractivity (Wildman–Crippen MR) is 235 cm³/mol. The first-order chi connectivity index (χ1) is 28.2. The number of aromatic nitrogens is 1. The number of rotatable bonds is 7. The zero-order chi connectivity index (χ0) is 37.7. The minimum Gasteiger partial charge on any atom is -0.456 e. The van der Waals surface area contributed by atoms with Crippen LogP contribution in [0.1, 0.15) is 0 Å². The third kappa shape index (κ3) is 5.74. The summed E-state index contributed by atoms with van der Waals surface area (Å²) in [4.78, 5) is 7.36. The highest BCUT2D eigenvalue weighted by atomic mass is 16.3. The van der Waals surface area contributed by atoms with E-state index in [0.717, 1.165) is 77.9 Å². The zero-order valence-electron chi connectivity index (χ0n) is 30.8. The quantitative estimate of drug-likeness (QED) is 0.164. The minimum atomic E-state index is 0.603. The van der Waals surface area contributed by atoms with Crippen LogP contribution in [0.3, 0.4) is 0 Å². The van der Waals surface area contributed by atoms with Crippen molar-refractivity contribution in [1.29, 1.82) is 0 Å². The first kappa shape index (κ1) is 32.7. The van der Waals surface area contributed by atoms with E-state index < -0.39 is 0 Å². The highest BCUT2D eigenvalue weighted by molar-refractivity contribution is 6.06. The second-order valence-corrected chi connectivity index (χ2v) is 14.3. The van der Waals surface area contributed by atoms with Crippen LogP contribution in [-0.4, -0.2) is 4.98 Å². The van der Waals surface area contributed by atoms with Gasteiger partial charge in [-0.25, -0.2) is 4.98 Å². The lowest BCUT2D eigenvalue weighted by molar-refractivity contribution is 0.621. The number of nitrogens with zero attached hydrogens (tertiary/aromatic N) is 2. The number of benzene rings is 9. The molecule has 0 saturated carbocycles. The van der Waals surface area contributed by atoms with Crippen LogP contribution in [0.15, 0.2) is 215 Å². The Hall–Kier alpha value is -7.69. The first-order valence-corrected chi connectivity index (χ1v) is 19.2. The van der Waals surface area contributed by atoms with Gasteiger partial charge >= 0.3 is 0 Å². The van der Waals surface area contributed by atoms with Crippen molar-refractivity contribution in [3.63, 3.8) is 0 Å². The second kappa shape index (κ2) is 13.6. The molecular formula is C53H34N2O2. The van der Waals surface area contributed by atoms with Crippen LogP contribution in [0, 0.1) is 0 Å². The van der Waals surface area contributed by atoms with Crippen molar-refractivity contribution >= 4 is 60.9 Å². The average Bonchev–Trinajstić information content (AvgIpc) is 3.90. The van der Waals surface area contributed by atoms with Gasteiger partial charge in [0.1, 0.15) is 16.7 Å². The predicted octanol–water partition coefficient (Wildman–Crippen LogP) is 15.0. The Bertz CT molecular complexity index is 3210. The van der Waals surface area contributed by atoms with Crippen LogP contribution in [-0.2, 0) is 0 Å². The van der Waals surface area contributed by atoms with E-state index in [1.54, 1.807) is 0 Å². The number of hydrogen-bond acceptors (Lipinski definition) is 4. The van der Waals surface area contributed by atoms with Crippen LogP contribution in [0.25, 0.3) is 88.6 Å². The molecule has 0 aliphatic heterocycles. The molecule has 4 nitrogen and oxygen atoms in total. The van der Waals surface area contributed by atoms with E-state index in [1.807, 2.05) is 48.5 Å². The molecule has 0 aliphatic rings. The molecule has 0 unspecified atom stereocenters. The Labute approximate surface area is 329 Å². The lowest BCUT2D eigenvalue weighted by Gasteiger charge is -2.26. The van der Waals surface area contributed by atoms with Crippen molar-refractivity contribution in [1.82, 2.24) is 4.98 Å². The molecule has 0 fully saturated rings. The highest BCUT2D eigenvalue weighted by Gasteiger charge is 2.20. The molecule has 0 aliphatic carbocycles. The Morgan fingerprint density at radius 2 is 0.912 bits per heavy atom. The summed E-state index contributed by atoms with van der Waals surface area (Å²) < 4.78 is 13.0. The van der Waals surface area contributed by atoms with Crippen molar-refractivity contribution in [2.24, 2.45) is 0 Å². The molecule has 0 spiro atoms. The first-order valence-electron chi connectivity index (χ1n) is 19.2. The summed E-state index contributed by atoms with van der Waals surface area (Å²) in [6.45, 7) is 0. The summed E-state index contributed by atoms with van der Waals surface area (Å²) in [5.41, 5.74) is 13.9. The summed E-state index contributed by atoms with van der Waals surface area (Å²) in [6, 6.07) is 72.1. The van der Waals surface area contributed by atoms with Gasteiger partial charge in [-0.05, 0) is 93.7 Å². The Balaban J connectivity index is 1.03. The fourth-order valence-electron chi connectivity index (χ4n) is 8.15. The molecule has 268 valence electrons. The molecule has 0 saturated heterocycles. The van der Waals surface area contributed by atoms with Crippen molar-refractivity contribution < 1.29 is 8.83 Å². The molecule has 2 heterocycles. The maximum absolute atomic E-state index is 6.63. The fourth-order valence-corrected chi connectivity index (χ4v) is 8.15. The van der Waals surface area contributed by atoms with E-state index in [-0.39, 0.29) is 0 Å². The summed E-state index contributed by atoms with van der Waals surface area (Å²) in [5.74, 6) is 0.603. The molecule has 0 radical (unpaired) electrons. The van der Waals surface area contributed by atoms with Crippen LogP contribution >= 0.6 is 0 Å². The summed E-state index contributed by atoms with van der Waals surface area (Å²) in [7, 11) is 0. The van der Waals surface area contributed by atoms with E-state index in [4.69, 9.17) is 13.8 Å². The van der Waals surface area contributed by atoms with E-state index in [2.05, 4.69) is 163 Å². The number of furan rings is 1. The molecule has 4 heteroatoms. The molecule has 57 heavy (non-hydrogen) atoms. The summed E-state index contributed by atoms with van der Waals surface area (Å²) in [5, 5.41) is 4.68. The van der Waals surface area contributed by atoms with E-state index >= 15 is 0 Å². The SMILES string of the molecule is c1ccc(-c2nc3c(-c4ccccc4)ccc(-c4ccc(N(c5ccc(-c6cccc7ccccc67)cc5)c5ccc6c(c5)oc5ccccc56)cc4)c3o2)cc1. The molecule has 0 atom stereocenters. The standard InChI is InChI=1S/C53H34N2O2/c1-3-12-36(13-4-1)45-32-33-46(52-51(45)54-53(57-52)39-15-5-2-6-16-39)38-24-28-41(29-25-38)55(42-30-31-48-47-19-9-10-21-49(47)56-50(48)34-42)40-26-22-37(23-27-40)44-20-11-17-35-14-7-8-18-43(35)44/h1-34H. The van der Waals surface area contributed by atoms with Gasteiger partial charge in [0.25, 0.3) is 0 Å². The van der Waals surface area contributed by atoms with Gasteiger partial charge in [0.05, 0.1) is 0 Å². The van der Waals surface area contributed by atoms with Crippen LogP contribution in [0.4, 0.5) is 17.1 Å². The van der Waals surface area contributed by atoms with Gasteiger partial charge in [0.2, 0.25) is 5.89 Å². The highest BCUT2D eigenvalue weighted by Crippen LogP contribution is 2.42. The third-order valence-corrected chi connectivity index (χ3v) is 10.9. The Kier molecular flexibility index (Phi) is 7.78. The number of para-hydroxylation sites is 1. The van der Waals surface area contributed by atoms with Crippen LogP contribution in [0.5, 0.6) is 0 Å². The number of anilines is 3. The maximum Gasteiger partial charge on any atom is 0.227 e. The molecule has 2 aromatic heterocycles. The fraction of sp³-hybridized carbons (Fsp3) is 0. The van der Waals surface area contributed by atoms with Gasteiger partial charge in [-0.15, -0.1) is 0 Å². The third-order valence-electron chi connectivity index (χ3n) is 10.9. The largest absolute Gasteiger partial charge is 0.456 e. The van der Waals surface area contributed by atoms with E-state index in [0.29, 0.717) is 5.89 Å². The number of oxazole rings is 1. The lowest BCUT2D eigenvalue weighted by atomic mass is 9.97. The van der Waals surface area contributed by atoms with Crippen molar-refractivity contribution in [2.45, 2.75) is 0 Å². The van der Waals surface area contributed by atoms with Gasteiger partial charge < -0.3 is 13.7 Å². The van der Waals surface area contributed by atoms with Gasteiger partial charge in [0.15, 0.2) is 5.58 Å². The van der Waals surface area contributed by atoms with Gasteiger partial charge in [-0.1, -0.05) is 140 Å². The van der Waals surface area contributed by atoms with Crippen LogP contribution in [0.2, 0.25) is 0 Å². The molecule has 0 N–H and O–H groups in total. The average molecular weight is 731 g/mol. The van der Waals surface area contributed by atoms with E-state index in [9.17, 15) is 0 Å². The monoisotopic (exact) mass is 730 g/mol. The zero-order valence-corrected chi connectivity index (χ0v) is 30.8. The van der Waals surface area contributed by atoms with Gasteiger partial charge in [-0.2, -0.15) is 0 Å². The van der Waals surface area contributed by atoms with E-state index in [1.165, 1.54) is 21.9 Å². The van der Waals surface area contributed by atoms with Gasteiger partial charge in [0, 0.05) is 50.6 Å². The lowest BCUT2D eigenvalue weighted by Crippen LogP contribution is -2.09. The number of hydrogen-bond donors (Lipinski definition) is 0. The van der Waals surface area contributed by atoms with Gasteiger partial charge in [-0.3, -0.25) is 0 Å². The molecule has 0 amide bonds. The minimum absolute atomic E-state index is 0.603. The number of fused-ring (bicyclic) bond motifs is 5. The summed E-state index contributed by atoms with van der Waals surface area (Å²) in [6.07, 6.45) is 0. The smallest absolute Gasteiger partial charge is 0.227 e. The molecule has 0 bridgehead atoms. The summed E-state index contributed by atoms with van der Waals surface area (Å²) >= 11 is 0. The van der Waals surface area contributed by atoms with Crippen molar-refractivity contribution in [3.05, 3.63) is 206 Å². The van der Waals surface area contributed by atoms with Crippen molar-refractivity contribution in [2.75, 3.05) is 4.90 Å². The van der Waals surface area contributed by atoms with Crippen LogP contribution < -0.4 is 4.90 Å². The van der Waals surface area contributed by atoms with Crippen molar-refractivity contribution in [3.8, 4) is 44.8 Å².